The molecule has 1 aliphatic carbocycles. The predicted octanol–water partition coefficient (Wildman–Crippen LogP) is 0.800. The monoisotopic (exact) mass is 310 g/mol. The first-order valence-electron chi connectivity index (χ1n) is 6.80. The number of amides is 1. The van der Waals surface area contributed by atoms with Crippen LogP contribution in [0, 0.1) is 0 Å². The first-order chi connectivity index (χ1) is 11.1. The lowest BCUT2D eigenvalue weighted by Gasteiger charge is -2.05. The summed E-state index contributed by atoms with van der Waals surface area (Å²) < 4.78 is 0. The lowest BCUT2D eigenvalue weighted by molar-refractivity contribution is 0.100. The van der Waals surface area contributed by atoms with Gasteiger partial charge in [0.2, 0.25) is 0 Å². The second-order valence-corrected chi connectivity index (χ2v) is 5.05. The fraction of sp³-hybridized carbons (Fsp3) is 0.0625. The van der Waals surface area contributed by atoms with Crippen molar-refractivity contribution in [3.63, 3.8) is 0 Å². The van der Waals surface area contributed by atoms with Gasteiger partial charge in [-0.1, -0.05) is 29.4 Å². The first-order valence-corrected chi connectivity index (χ1v) is 6.80. The normalized spacial score (nSPS) is 13.5. The topological polar surface area (TPSA) is 134 Å². The Bertz CT molecular complexity index is 868. The summed E-state index contributed by atoms with van der Waals surface area (Å²) in [6.45, 7) is -0.185. The molecule has 6 N–H and O–H groups in total. The van der Waals surface area contributed by atoms with Crippen molar-refractivity contribution >= 4 is 17.6 Å². The van der Waals surface area contributed by atoms with Gasteiger partial charge in [0, 0.05) is 16.7 Å². The van der Waals surface area contributed by atoms with Crippen LogP contribution in [0.4, 0.5) is 0 Å². The lowest BCUT2D eigenvalue weighted by Crippen LogP contribution is -2.24. The van der Waals surface area contributed by atoms with E-state index >= 15 is 0 Å². The maximum absolute atomic E-state index is 12.0. The summed E-state index contributed by atoms with van der Waals surface area (Å²) in [5.74, 6) is -0.902. The second-order valence-electron chi connectivity index (χ2n) is 5.05. The van der Waals surface area contributed by atoms with Crippen LogP contribution >= 0.6 is 0 Å². The van der Waals surface area contributed by atoms with Gasteiger partial charge in [-0.15, -0.1) is 0 Å². The van der Waals surface area contributed by atoms with E-state index in [0.717, 1.165) is 11.1 Å². The number of oxime groups is 1. The molecule has 116 valence electrons. The Kier molecular flexibility index (Phi) is 3.55. The number of fused-ring (bicyclic) bond motifs is 3. The third-order valence-corrected chi connectivity index (χ3v) is 3.70. The fourth-order valence-electron chi connectivity index (χ4n) is 2.76. The Labute approximate surface area is 131 Å². The lowest BCUT2D eigenvalue weighted by atomic mass is 10.0. The molecule has 0 saturated heterocycles. The molecule has 0 bridgehead atoms. The highest BCUT2D eigenvalue weighted by molar-refractivity contribution is 6.25. The van der Waals surface area contributed by atoms with Crippen molar-refractivity contribution in [3.8, 4) is 11.1 Å². The van der Waals surface area contributed by atoms with Crippen molar-refractivity contribution in [2.75, 3.05) is 0 Å². The second kappa shape index (κ2) is 5.54. The Morgan fingerprint density at radius 1 is 1.09 bits per heavy atom. The average Bonchev–Trinajstić information content (AvgIpc) is 2.87. The zero-order valence-corrected chi connectivity index (χ0v) is 12.0. The highest BCUT2D eigenvalue weighted by Gasteiger charge is 2.28. The van der Waals surface area contributed by atoms with E-state index in [9.17, 15) is 15.1 Å². The Morgan fingerprint density at radius 3 is 2.52 bits per heavy atom. The number of aliphatic imine (C=N–C) groups is 1. The summed E-state index contributed by atoms with van der Waals surface area (Å²) in [5, 5.41) is 22.3. The molecule has 0 aliphatic heterocycles. The van der Waals surface area contributed by atoms with Gasteiger partial charge in [0.15, 0.2) is 5.96 Å². The molecule has 3 rings (SSSR count). The molecule has 0 saturated carbocycles. The Hall–Kier alpha value is -3.19. The minimum atomic E-state index is -0.580. The quantitative estimate of drug-likeness (QED) is 0.240. The number of guanidine groups is 1. The van der Waals surface area contributed by atoms with E-state index in [1.165, 1.54) is 0 Å². The fourth-order valence-corrected chi connectivity index (χ4v) is 2.76. The van der Waals surface area contributed by atoms with Crippen molar-refractivity contribution in [1.29, 1.82) is 0 Å². The van der Waals surface area contributed by atoms with E-state index in [2.05, 4.69) is 10.1 Å². The number of nitrogens with two attached hydrogens (primary N) is 2. The minimum absolute atomic E-state index is 0.185. The standard InChI is InChI=1S/C16H14N4O3/c17-16(18)19-15(22)8-4-5-10-11-3-1-2-9(7-21)13(11)14(20-23)12(10)6-8/h1-6,21,23H,7H2,(H4,17,18,19,22)/b20-14+. The van der Waals surface area contributed by atoms with Crippen LogP contribution in [0.3, 0.4) is 0 Å². The largest absolute Gasteiger partial charge is 0.410 e. The van der Waals surface area contributed by atoms with Crippen LogP contribution in [0.25, 0.3) is 11.1 Å². The molecule has 0 fully saturated rings. The maximum Gasteiger partial charge on any atom is 0.280 e. The van der Waals surface area contributed by atoms with Crippen LogP contribution in [0.5, 0.6) is 0 Å². The van der Waals surface area contributed by atoms with E-state index in [1.807, 2.05) is 12.1 Å². The molecule has 1 aliphatic rings. The molecule has 7 heteroatoms. The molecule has 0 atom stereocenters. The minimum Gasteiger partial charge on any atom is -0.410 e. The third kappa shape index (κ3) is 2.33. The zero-order chi connectivity index (χ0) is 16.6. The number of hydrogen-bond acceptors (Lipinski definition) is 4. The number of aliphatic hydroxyl groups is 1. The summed E-state index contributed by atoms with van der Waals surface area (Å²) in [7, 11) is 0. The van der Waals surface area contributed by atoms with Crippen molar-refractivity contribution in [2.24, 2.45) is 21.6 Å². The van der Waals surface area contributed by atoms with E-state index in [1.54, 1.807) is 24.3 Å². The third-order valence-electron chi connectivity index (χ3n) is 3.70. The van der Waals surface area contributed by atoms with Crippen LogP contribution in [-0.4, -0.2) is 27.9 Å². The number of carbonyl (C=O) groups excluding carboxylic acids is 1. The molecule has 0 radical (unpaired) electrons. The van der Waals surface area contributed by atoms with Gasteiger partial charge >= 0.3 is 0 Å². The number of aliphatic hydroxyl groups excluding tert-OH is 1. The Morgan fingerprint density at radius 2 is 1.87 bits per heavy atom. The average molecular weight is 310 g/mol. The van der Waals surface area contributed by atoms with E-state index < -0.39 is 5.91 Å². The highest BCUT2D eigenvalue weighted by Crippen LogP contribution is 2.39. The van der Waals surface area contributed by atoms with Crippen LogP contribution in [0.15, 0.2) is 46.5 Å². The number of nitrogens with zero attached hydrogens (tertiary/aromatic N) is 2. The number of carbonyl (C=O) groups is 1. The number of rotatable bonds is 2. The van der Waals surface area contributed by atoms with E-state index in [-0.39, 0.29) is 18.1 Å². The highest BCUT2D eigenvalue weighted by atomic mass is 16.4. The molecular formula is C16H14N4O3. The van der Waals surface area contributed by atoms with Crippen LogP contribution in [0.2, 0.25) is 0 Å². The molecule has 2 aromatic rings. The molecule has 7 nitrogen and oxygen atoms in total. The molecule has 23 heavy (non-hydrogen) atoms. The first kappa shape index (κ1) is 14.7. The van der Waals surface area contributed by atoms with Gasteiger partial charge in [-0.2, -0.15) is 4.99 Å². The molecular weight excluding hydrogens is 296 g/mol. The molecule has 0 unspecified atom stereocenters. The van der Waals surface area contributed by atoms with Crippen LogP contribution in [-0.2, 0) is 6.61 Å². The summed E-state index contributed by atoms with van der Waals surface area (Å²) in [4.78, 5) is 15.5. The molecule has 2 aromatic carbocycles. The summed E-state index contributed by atoms with van der Waals surface area (Å²) in [5.41, 5.74) is 14.5. The molecule has 0 spiro atoms. The van der Waals surface area contributed by atoms with Crippen molar-refractivity contribution in [2.45, 2.75) is 6.61 Å². The van der Waals surface area contributed by atoms with Gasteiger partial charge in [0.25, 0.3) is 5.91 Å². The van der Waals surface area contributed by atoms with E-state index in [4.69, 9.17) is 11.5 Å². The smallest absolute Gasteiger partial charge is 0.280 e. The molecule has 0 heterocycles. The van der Waals surface area contributed by atoms with Crippen molar-refractivity contribution in [3.05, 3.63) is 58.7 Å². The maximum atomic E-state index is 12.0. The van der Waals surface area contributed by atoms with Gasteiger partial charge in [-0.3, -0.25) is 4.79 Å². The van der Waals surface area contributed by atoms with Crippen LogP contribution in [0.1, 0.15) is 27.0 Å². The molecule has 1 amide bonds. The summed E-state index contributed by atoms with van der Waals surface area (Å²) in [6.07, 6.45) is 0. The van der Waals surface area contributed by atoms with Crippen LogP contribution < -0.4 is 11.5 Å². The molecule has 0 aromatic heterocycles. The predicted molar refractivity (Wildman–Crippen MR) is 85.4 cm³/mol. The van der Waals surface area contributed by atoms with Gasteiger partial charge in [0.05, 0.1) is 6.61 Å². The van der Waals surface area contributed by atoms with Gasteiger partial charge in [0.1, 0.15) is 5.71 Å². The van der Waals surface area contributed by atoms with Gasteiger partial charge in [-0.05, 0) is 28.8 Å². The SMILES string of the molecule is NC(N)=NC(=O)c1ccc2c(c1)/C(=N\O)c1c(CO)cccc1-2. The van der Waals surface area contributed by atoms with E-state index in [0.29, 0.717) is 22.4 Å². The van der Waals surface area contributed by atoms with Gasteiger partial charge < -0.3 is 21.8 Å². The number of hydrogen-bond donors (Lipinski definition) is 4. The number of benzene rings is 2. The van der Waals surface area contributed by atoms with Gasteiger partial charge in [-0.25, -0.2) is 0 Å². The van der Waals surface area contributed by atoms with Crippen molar-refractivity contribution < 1.29 is 15.1 Å². The Balaban J connectivity index is 2.19. The summed E-state index contributed by atoms with van der Waals surface area (Å²) >= 11 is 0. The zero-order valence-electron chi connectivity index (χ0n) is 12.0. The van der Waals surface area contributed by atoms with Crippen molar-refractivity contribution in [1.82, 2.24) is 0 Å². The summed E-state index contributed by atoms with van der Waals surface area (Å²) in [6, 6.07) is 10.3.